The standard InChI is InChI=1S/C12H15FO3S/c1-2-3-8-16-12(14)9-17(15)11-6-4-10(13)5-7-11/h4-7H,2-3,8-9H2,1H3. The fraction of sp³-hybridized carbons (Fsp3) is 0.417. The third-order valence-electron chi connectivity index (χ3n) is 2.09. The van der Waals surface area contributed by atoms with Crippen LogP contribution in [-0.4, -0.2) is 22.5 Å². The van der Waals surface area contributed by atoms with Crippen molar-refractivity contribution in [3.8, 4) is 0 Å². The summed E-state index contributed by atoms with van der Waals surface area (Å²) in [6.07, 6.45) is 1.74. The first kappa shape index (κ1) is 13.8. The Bertz CT molecular complexity index is 389. The number of esters is 1. The maximum absolute atomic E-state index is 12.6. The van der Waals surface area contributed by atoms with Gasteiger partial charge in [0.1, 0.15) is 11.6 Å². The summed E-state index contributed by atoms with van der Waals surface area (Å²) in [7, 11) is -1.47. The van der Waals surface area contributed by atoms with E-state index in [4.69, 9.17) is 4.74 Å². The zero-order valence-corrected chi connectivity index (χ0v) is 10.5. The smallest absolute Gasteiger partial charge is 0.318 e. The van der Waals surface area contributed by atoms with Crippen LogP contribution in [0.25, 0.3) is 0 Å². The molecule has 0 amide bonds. The first-order chi connectivity index (χ1) is 8.13. The lowest BCUT2D eigenvalue weighted by atomic mass is 10.4. The first-order valence-electron chi connectivity index (χ1n) is 5.43. The van der Waals surface area contributed by atoms with E-state index in [2.05, 4.69) is 0 Å². The van der Waals surface area contributed by atoms with Crippen LogP contribution >= 0.6 is 0 Å². The van der Waals surface area contributed by atoms with Crippen molar-refractivity contribution in [2.45, 2.75) is 24.7 Å². The molecular weight excluding hydrogens is 243 g/mol. The average Bonchev–Trinajstić information content (AvgIpc) is 2.30. The molecule has 0 saturated carbocycles. The van der Waals surface area contributed by atoms with Crippen LogP contribution in [0.4, 0.5) is 4.39 Å². The predicted molar refractivity (Wildman–Crippen MR) is 63.5 cm³/mol. The quantitative estimate of drug-likeness (QED) is 0.580. The second-order valence-corrected chi connectivity index (χ2v) is 4.97. The zero-order chi connectivity index (χ0) is 12.7. The monoisotopic (exact) mass is 258 g/mol. The van der Waals surface area contributed by atoms with Gasteiger partial charge in [-0.2, -0.15) is 0 Å². The molecular formula is C12H15FO3S. The molecule has 0 aromatic heterocycles. The van der Waals surface area contributed by atoms with Crippen LogP contribution in [0.15, 0.2) is 29.2 Å². The Morgan fingerprint density at radius 3 is 2.59 bits per heavy atom. The highest BCUT2D eigenvalue weighted by atomic mass is 32.2. The van der Waals surface area contributed by atoms with E-state index in [-0.39, 0.29) is 5.75 Å². The second-order valence-electron chi connectivity index (χ2n) is 3.52. The minimum Gasteiger partial charge on any atom is -0.465 e. The van der Waals surface area contributed by atoms with Gasteiger partial charge in [0.15, 0.2) is 0 Å². The van der Waals surface area contributed by atoms with Crippen molar-refractivity contribution in [1.82, 2.24) is 0 Å². The Hall–Kier alpha value is -1.23. The summed E-state index contributed by atoms with van der Waals surface area (Å²) in [6.45, 7) is 2.35. The number of unbranched alkanes of at least 4 members (excludes halogenated alkanes) is 1. The van der Waals surface area contributed by atoms with E-state index in [1.807, 2.05) is 6.92 Å². The maximum atomic E-state index is 12.6. The number of carbonyl (C=O) groups is 1. The van der Waals surface area contributed by atoms with Gasteiger partial charge in [0.05, 0.1) is 17.4 Å². The van der Waals surface area contributed by atoms with Gasteiger partial charge in [-0.3, -0.25) is 9.00 Å². The Morgan fingerprint density at radius 1 is 1.35 bits per heavy atom. The molecule has 1 unspecified atom stereocenters. The first-order valence-corrected chi connectivity index (χ1v) is 6.75. The number of hydrogen-bond acceptors (Lipinski definition) is 3. The van der Waals surface area contributed by atoms with Crippen LogP contribution in [0.1, 0.15) is 19.8 Å². The summed E-state index contributed by atoms with van der Waals surface area (Å²) >= 11 is 0. The van der Waals surface area contributed by atoms with E-state index >= 15 is 0 Å². The summed E-state index contributed by atoms with van der Waals surface area (Å²) in [5.74, 6) is -1.06. The lowest BCUT2D eigenvalue weighted by Crippen LogP contribution is -2.14. The molecule has 0 heterocycles. The van der Waals surface area contributed by atoms with Gasteiger partial charge >= 0.3 is 5.97 Å². The van der Waals surface area contributed by atoms with Gasteiger partial charge < -0.3 is 4.74 Å². The van der Waals surface area contributed by atoms with E-state index in [0.717, 1.165) is 12.8 Å². The molecule has 0 N–H and O–H groups in total. The fourth-order valence-electron chi connectivity index (χ4n) is 1.15. The minimum absolute atomic E-state index is 0.185. The van der Waals surface area contributed by atoms with Crippen LogP contribution < -0.4 is 0 Å². The Balaban J connectivity index is 2.43. The average molecular weight is 258 g/mol. The molecule has 0 aliphatic heterocycles. The molecule has 0 saturated heterocycles. The third-order valence-corrected chi connectivity index (χ3v) is 3.38. The van der Waals surface area contributed by atoms with Gasteiger partial charge in [-0.05, 0) is 30.7 Å². The third kappa shape index (κ3) is 5.08. The number of rotatable bonds is 6. The van der Waals surface area contributed by atoms with Crippen molar-refractivity contribution in [2.75, 3.05) is 12.4 Å². The molecule has 0 spiro atoms. The highest BCUT2D eigenvalue weighted by Gasteiger charge is 2.11. The summed E-state index contributed by atoms with van der Waals surface area (Å²) in [5, 5.41) is 0. The largest absolute Gasteiger partial charge is 0.465 e. The molecule has 0 aliphatic rings. The lowest BCUT2D eigenvalue weighted by molar-refractivity contribution is -0.140. The highest BCUT2D eigenvalue weighted by molar-refractivity contribution is 7.85. The Kier molecular flexibility index (Phi) is 5.83. The number of carbonyl (C=O) groups excluding carboxylic acids is 1. The van der Waals surface area contributed by atoms with E-state index in [1.54, 1.807) is 0 Å². The molecule has 17 heavy (non-hydrogen) atoms. The van der Waals surface area contributed by atoms with Crippen molar-refractivity contribution >= 4 is 16.8 Å². The van der Waals surface area contributed by atoms with Gasteiger partial charge in [0, 0.05) is 4.90 Å². The second kappa shape index (κ2) is 7.17. The van der Waals surface area contributed by atoms with Gasteiger partial charge in [0.25, 0.3) is 0 Å². The lowest BCUT2D eigenvalue weighted by Gasteiger charge is -2.04. The van der Waals surface area contributed by atoms with Gasteiger partial charge in [0.2, 0.25) is 0 Å². The van der Waals surface area contributed by atoms with E-state index in [9.17, 15) is 13.4 Å². The van der Waals surface area contributed by atoms with Crippen LogP contribution in [0.3, 0.4) is 0 Å². The molecule has 94 valence electrons. The minimum atomic E-state index is -1.47. The summed E-state index contributed by atoms with van der Waals surface area (Å²) in [5.41, 5.74) is 0. The van der Waals surface area contributed by atoms with E-state index in [1.165, 1.54) is 24.3 Å². The molecule has 1 aromatic rings. The molecule has 0 aliphatic carbocycles. The SMILES string of the molecule is CCCCOC(=O)CS(=O)c1ccc(F)cc1. The normalized spacial score (nSPS) is 12.1. The van der Waals surface area contributed by atoms with Crippen LogP contribution in [0.2, 0.25) is 0 Å². The van der Waals surface area contributed by atoms with E-state index < -0.39 is 22.6 Å². The van der Waals surface area contributed by atoms with Crippen LogP contribution in [0.5, 0.6) is 0 Å². The molecule has 1 rings (SSSR count). The molecule has 0 fully saturated rings. The van der Waals surface area contributed by atoms with E-state index in [0.29, 0.717) is 11.5 Å². The highest BCUT2D eigenvalue weighted by Crippen LogP contribution is 2.08. The van der Waals surface area contributed by atoms with Crippen LogP contribution in [0, 0.1) is 5.82 Å². The van der Waals surface area contributed by atoms with Crippen molar-refractivity contribution in [2.24, 2.45) is 0 Å². The molecule has 1 atom stereocenters. The zero-order valence-electron chi connectivity index (χ0n) is 9.65. The Morgan fingerprint density at radius 2 is 2.00 bits per heavy atom. The van der Waals surface area contributed by atoms with Gasteiger partial charge in [-0.15, -0.1) is 0 Å². The number of hydrogen-bond donors (Lipinski definition) is 0. The number of ether oxygens (including phenoxy) is 1. The summed E-state index contributed by atoms with van der Waals surface area (Å²) in [4.78, 5) is 11.7. The molecule has 0 bridgehead atoms. The van der Waals surface area contributed by atoms with Crippen LogP contribution in [-0.2, 0) is 20.3 Å². The maximum Gasteiger partial charge on any atom is 0.318 e. The summed E-state index contributed by atoms with van der Waals surface area (Å²) in [6, 6.07) is 5.25. The topological polar surface area (TPSA) is 43.4 Å². The summed E-state index contributed by atoms with van der Waals surface area (Å²) < 4.78 is 29.2. The molecule has 1 aromatic carbocycles. The van der Waals surface area contributed by atoms with Gasteiger partial charge in [-0.1, -0.05) is 13.3 Å². The molecule has 3 nitrogen and oxygen atoms in total. The van der Waals surface area contributed by atoms with Gasteiger partial charge in [-0.25, -0.2) is 4.39 Å². The van der Waals surface area contributed by atoms with Crippen molar-refractivity contribution in [3.63, 3.8) is 0 Å². The number of benzene rings is 1. The fourth-order valence-corrected chi connectivity index (χ4v) is 2.05. The molecule has 0 radical (unpaired) electrons. The Labute approximate surface area is 102 Å². The molecule has 5 heteroatoms. The van der Waals surface area contributed by atoms with Crippen molar-refractivity contribution < 1.29 is 18.1 Å². The van der Waals surface area contributed by atoms with Crippen molar-refractivity contribution in [3.05, 3.63) is 30.1 Å². The van der Waals surface area contributed by atoms with Crippen molar-refractivity contribution in [1.29, 1.82) is 0 Å². The number of halogens is 1. The predicted octanol–water partition coefficient (Wildman–Crippen LogP) is 2.28.